The van der Waals surface area contributed by atoms with E-state index in [0.717, 1.165) is 11.0 Å². The van der Waals surface area contributed by atoms with Crippen LogP contribution >= 0.6 is 0 Å². The zero-order valence-electron chi connectivity index (χ0n) is 16.0. The molecule has 0 spiro atoms. The van der Waals surface area contributed by atoms with Crippen molar-refractivity contribution in [3.05, 3.63) is 71.1 Å². The number of carbonyl (C=O) groups excluding carboxylic acids is 2. The summed E-state index contributed by atoms with van der Waals surface area (Å²) in [7, 11) is -3.70. The minimum Gasteiger partial charge on any atom is -0.454 e. The number of anilines is 1. The summed E-state index contributed by atoms with van der Waals surface area (Å²) in [6.45, 7) is 4.93. The van der Waals surface area contributed by atoms with Gasteiger partial charge in [0.05, 0.1) is 11.0 Å². The van der Waals surface area contributed by atoms with Gasteiger partial charge < -0.3 is 4.74 Å². The van der Waals surface area contributed by atoms with E-state index in [1.54, 1.807) is 32.9 Å². The van der Waals surface area contributed by atoms with Crippen LogP contribution in [0.1, 0.15) is 36.7 Å². The fourth-order valence-electron chi connectivity index (χ4n) is 2.04. The van der Waals surface area contributed by atoms with Crippen LogP contribution in [-0.4, -0.2) is 26.8 Å². The van der Waals surface area contributed by atoms with Crippen LogP contribution in [0.3, 0.4) is 0 Å². The first-order valence-corrected chi connectivity index (χ1v) is 10.2. The summed E-state index contributed by atoms with van der Waals surface area (Å²) in [5, 5.41) is 1.07. The SMILES string of the molecule is CC(C)(C)C(=O)COC(=O)c1ccc(NS(=O)(=O)/C=C/c2ccccc2)cc1. The van der Waals surface area contributed by atoms with Crippen LogP contribution in [0, 0.1) is 5.41 Å². The second kappa shape index (κ2) is 8.84. The van der Waals surface area contributed by atoms with Gasteiger partial charge in [0.2, 0.25) is 0 Å². The van der Waals surface area contributed by atoms with Crippen molar-refractivity contribution in [3.8, 4) is 0 Å². The molecule has 0 unspecified atom stereocenters. The lowest BCUT2D eigenvalue weighted by molar-refractivity contribution is -0.129. The average molecular weight is 401 g/mol. The molecule has 0 aromatic heterocycles. The molecule has 2 rings (SSSR count). The Morgan fingerprint density at radius 3 is 2.18 bits per heavy atom. The molecule has 0 aliphatic rings. The molecular formula is C21H23NO5S. The van der Waals surface area contributed by atoms with Gasteiger partial charge in [-0.15, -0.1) is 0 Å². The number of benzene rings is 2. The van der Waals surface area contributed by atoms with Gasteiger partial charge in [0.25, 0.3) is 10.0 Å². The zero-order chi connectivity index (χ0) is 20.8. The Morgan fingerprint density at radius 1 is 1.00 bits per heavy atom. The number of ether oxygens (including phenoxy) is 1. The maximum atomic E-state index is 12.1. The van der Waals surface area contributed by atoms with Gasteiger partial charge in [-0.05, 0) is 35.9 Å². The van der Waals surface area contributed by atoms with Crippen LogP contribution in [0.15, 0.2) is 60.0 Å². The molecule has 0 saturated heterocycles. The lowest BCUT2D eigenvalue weighted by Gasteiger charge is -2.16. The maximum Gasteiger partial charge on any atom is 0.338 e. The molecule has 0 amide bonds. The Balaban J connectivity index is 1.97. The number of ketones is 1. The number of rotatable bonds is 7. The molecule has 0 atom stereocenters. The Hall–Kier alpha value is -2.93. The number of carbonyl (C=O) groups is 2. The van der Waals surface area contributed by atoms with Gasteiger partial charge >= 0.3 is 5.97 Å². The Kier molecular flexibility index (Phi) is 6.75. The van der Waals surface area contributed by atoms with Gasteiger partial charge in [-0.3, -0.25) is 9.52 Å². The van der Waals surface area contributed by atoms with Crippen molar-refractivity contribution in [3.63, 3.8) is 0 Å². The summed E-state index contributed by atoms with van der Waals surface area (Å²) < 4.78 is 31.7. The summed E-state index contributed by atoms with van der Waals surface area (Å²) in [4.78, 5) is 23.8. The molecule has 148 valence electrons. The largest absolute Gasteiger partial charge is 0.454 e. The number of Topliss-reactive ketones (excluding diaryl/α,β-unsaturated/α-hetero) is 1. The molecule has 0 saturated carbocycles. The number of sulfonamides is 1. The Bertz CT molecular complexity index is 956. The first-order chi connectivity index (χ1) is 13.1. The minimum atomic E-state index is -3.70. The first kappa shape index (κ1) is 21.4. The second-order valence-corrected chi connectivity index (χ2v) is 8.75. The highest BCUT2D eigenvalue weighted by molar-refractivity contribution is 7.95. The lowest BCUT2D eigenvalue weighted by Crippen LogP contribution is -2.26. The fraction of sp³-hybridized carbons (Fsp3) is 0.238. The highest BCUT2D eigenvalue weighted by Gasteiger charge is 2.22. The van der Waals surface area contributed by atoms with E-state index in [0.29, 0.717) is 5.69 Å². The second-order valence-electron chi connectivity index (χ2n) is 7.19. The van der Waals surface area contributed by atoms with Gasteiger partial charge in [-0.1, -0.05) is 51.1 Å². The summed E-state index contributed by atoms with van der Waals surface area (Å²) in [6, 6.07) is 14.8. The van der Waals surface area contributed by atoms with Crippen molar-refractivity contribution < 1.29 is 22.7 Å². The molecular weight excluding hydrogens is 378 g/mol. The highest BCUT2D eigenvalue weighted by Crippen LogP contribution is 2.16. The van der Waals surface area contributed by atoms with Crippen LogP contribution in [-0.2, 0) is 19.6 Å². The predicted octanol–water partition coefficient (Wildman–Crippen LogP) is 3.87. The van der Waals surface area contributed by atoms with Gasteiger partial charge in [-0.2, -0.15) is 0 Å². The predicted molar refractivity (Wildman–Crippen MR) is 109 cm³/mol. The van der Waals surface area contributed by atoms with E-state index in [9.17, 15) is 18.0 Å². The van der Waals surface area contributed by atoms with Crippen LogP contribution in [0.2, 0.25) is 0 Å². The quantitative estimate of drug-likeness (QED) is 0.712. The molecule has 0 bridgehead atoms. The summed E-state index contributed by atoms with van der Waals surface area (Å²) in [5.74, 6) is -0.827. The van der Waals surface area contributed by atoms with Gasteiger partial charge in [0.15, 0.2) is 12.4 Å². The molecule has 28 heavy (non-hydrogen) atoms. The van der Waals surface area contributed by atoms with E-state index < -0.39 is 21.4 Å². The van der Waals surface area contributed by atoms with E-state index in [1.807, 2.05) is 18.2 Å². The Labute approximate surface area is 165 Å². The summed E-state index contributed by atoms with van der Waals surface area (Å²) in [5.41, 5.74) is 0.704. The zero-order valence-corrected chi connectivity index (χ0v) is 16.8. The van der Waals surface area contributed by atoms with E-state index in [4.69, 9.17) is 4.74 Å². The molecule has 2 aromatic rings. The molecule has 0 aliphatic carbocycles. The normalized spacial score (nSPS) is 12.0. The topological polar surface area (TPSA) is 89.5 Å². The number of hydrogen-bond acceptors (Lipinski definition) is 5. The van der Waals surface area contributed by atoms with E-state index in [2.05, 4.69) is 4.72 Å². The highest BCUT2D eigenvalue weighted by atomic mass is 32.2. The first-order valence-electron chi connectivity index (χ1n) is 8.63. The molecule has 1 N–H and O–H groups in total. The van der Waals surface area contributed by atoms with Crippen LogP contribution in [0.4, 0.5) is 5.69 Å². The third-order valence-electron chi connectivity index (χ3n) is 3.79. The molecule has 6 nitrogen and oxygen atoms in total. The van der Waals surface area contributed by atoms with E-state index in [1.165, 1.54) is 30.3 Å². The van der Waals surface area contributed by atoms with Crippen molar-refractivity contribution in [1.82, 2.24) is 0 Å². The van der Waals surface area contributed by atoms with Gasteiger partial charge in [0, 0.05) is 11.1 Å². The lowest BCUT2D eigenvalue weighted by atomic mass is 9.91. The Morgan fingerprint density at radius 2 is 1.61 bits per heavy atom. The third kappa shape index (κ3) is 6.66. The molecule has 0 fully saturated rings. The third-order valence-corrected chi connectivity index (χ3v) is 4.81. The van der Waals surface area contributed by atoms with Crippen LogP contribution in [0.25, 0.3) is 6.08 Å². The molecule has 7 heteroatoms. The van der Waals surface area contributed by atoms with Crippen molar-refractivity contribution in [2.24, 2.45) is 5.41 Å². The summed E-state index contributed by atoms with van der Waals surface area (Å²) in [6.07, 6.45) is 1.49. The van der Waals surface area contributed by atoms with Crippen molar-refractivity contribution in [1.29, 1.82) is 0 Å². The molecule has 0 aliphatic heterocycles. The smallest absolute Gasteiger partial charge is 0.338 e. The number of esters is 1. The standard InChI is InChI=1S/C21H23NO5S/c1-21(2,3)19(23)15-27-20(24)17-9-11-18(12-10-17)22-28(25,26)14-13-16-7-5-4-6-8-16/h4-14,22H,15H2,1-3H3/b14-13+. The average Bonchev–Trinajstić information content (AvgIpc) is 2.64. The minimum absolute atomic E-state index is 0.185. The van der Waals surface area contributed by atoms with Crippen molar-refractivity contribution in [2.75, 3.05) is 11.3 Å². The molecule has 0 radical (unpaired) electrons. The summed E-state index contributed by atoms with van der Waals surface area (Å²) >= 11 is 0. The fourth-order valence-corrected chi connectivity index (χ4v) is 2.90. The van der Waals surface area contributed by atoms with Crippen LogP contribution < -0.4 is 4.72 Å². The van der Waals surface area contributed by atoms with Gasteiger partial charge in [-0.25, -0.2) is 13.2 Å². The van der Waals surface area contributed by atoms with Crippen molar-refractivity contribution in [2.45, 2.75) is 20.8 Å². The maximum absolute atomic E-state index is 12.1. The monoisotopic (exact) mass is 401 g/mol. The number of hydrogen-bond donors (Lipinski definition) is 1. The van der Waals surface area contributed by atoms with Gasteiger partial charge in [0.1, 0.15) is 0 Å². The van der Waals surface area contributed by atoms with Crippen LogP contribution in [0.5, 0.6) is 0 Å². The number of nitrogens with one attached hydrogen (secondary N) is 1. The molecule has 2 aromatic carbocycles. The van der Waals surface area contributed by atoms with E-state index >= 15 is 0 Å². The molecule has 0 heterocycles. The van der Waals surface area contributed by atoms with E-state index in [-0.39, 0.29) is 18.0 Å². The van der Waals surface area contributed by atoms with Crippen molar-refractivity contribution >= 4 is 33.5 Å².